The summed E-state index contributed by atoms with van der Waals surface area (Å²) in [5.74, 6) is 0.818. The quantitative estimate of drug-likeness (QED) is 0.743. The Balaban J connectivity index is 2.14. The van der Waals surface area contributed by atoms with E-state index in [0.29, 0.717) is 17.2 Å². The van der Waals surface area contributed by atoms with Gasteiger partial charge in [0.15, 0.2) is 5.22 Å². The molecule has 0 saturated carbocycles. The lowest BCUT2D eigenvalue weighted by atomic mass is 10.1. The molecular formula is C12H9ClO2. The van der Waals surface area contributed by atoms with Gasteiger partial charge >= 0.3 is 0 Å². The molecule has 2 aromatic rings. The molecule has 0 saturated heterocycles. The molecule has 0 amide bonds. The van der Waals surface area contributed by atoms with Gasteiger partial charge in [-0.2, -0.15) is 0 Å². The second kappa shape index (κ2) is 4.32. The topological polar surface area (TPSA) is 30.2 Å². The van der Waals surface area contributed by atoms with Crippen molar-refractivity contribution >= 4 is 17.9 Å². The molecule has 1 aromatic carbocycles. The largest absolute Gasteiger partial charge is 0.449 e. The first kappa shape index (κ1) is 9.99. The van der Waals surface area contributed by atoms with Gasteiger partial charge in [0.25, 0.3) is 0 Å². The molecule has 0 aliphatic heterocycles. The highest BCUT2D eigenvalue weighted by Gasteiger charge is 2.01. The van der Waals surface area contributed by atoms with E-state index in [4.69, 9.17) is 16.0 Å². The van der Waals surface area contributed by atoms with Gasteiger partial charge in [0.1, 0.15) is 12.0 Å². The van der Waals surface area contributed by atoms with Crippen molar-refractivity contribution in [2.45, 2.75) is 6.42 Å². The Kier molecular flexibility index (Phi) is 2.88. The molecule has 76 valence electrons. The van der Waals surface area contributed by atoms with E-state index in [0.717, 1.165) is 17.6 Å². The second-order valence-corrected chi connectivity index (χ2v) is 3.61. The van der Waals surface area contributed by atoms with Crippen molar-refractivity contribution in [2.75, 3.05) is 0 Å². The van der Waals surface area contributed by atoms with Crippen LogP contribution in [0, 0.1) is 0 Å². The molecule has 0 fully saturated rings. The molecule has 0 aliphatic carbocycles. The SMILES string of the molecule is O=Cc1ccc(Cc2ccc(Cl)o2)cc1. The summed E-state index contributed by atoms with van der Waals surface area (Å²) in [6, 6.07) is 10.9. The van der Waals surface area contributed by atoms with Crippen molar-refractivity contribution < 1.29 is 9.21 Å². The first-order chi connectivity index (χ1) is 7.28. The van der Waals surface area contributed by atoms with Gasteiger partial charge < -0.3 is 4.42 Å². The van der Waals surface area contributed by atoms with Gasteiger partial charge in [-0.05, 0) is 29.3 Å². The normalized spacial score (nSPS) is 10.2. The van der Waals surface area contributed by atoms with Gasteiger partial charge in [-0.15, -0.1) is 0 Å². The van der Waals surface area contributed by atoms with Crippen LogP contribution in [0.2, 0.25) is 5.22 Å². The maximum Gasteiger partial charge on any atom is 0.193 e. The van der Waals surface area contributed by atoms with Crippen LogP contribution < -0.4 is 0 Å². The number of benzene rings is 1. The zero-order valence-corrected chi connectivity index (χ0v) is 8.70. The summed E-state index contributed by atoms with van der Waals surface area (Å²) >= 11 is 5.66. The Bertz CT molecular complexity index is 457. The van der Waals surface area contributed by atoms with Crippen LogP contribution in [0.15, 0.2) is 40.8 Å². The first-order valence-corrected chi connectivity index (χ1v) is 4.94. The molecule has 0 unspecified atom stereocenters. The lowest BCUT2D eigenvalue weighted by Crippen LogP contribution is -1.86. The van der Waals surface area contributed by atoms with Gasteiger partial charge in [0.05, 0.1) is 0 Å². The Hall–Kier alpha value is -1.54. The van der Waals surface area contributed by atoms with Crippen molar-refractivity contribution in [1.29, 1.82) is 0 Å². The summed E-state index contributed by atoms with van der Waals surface area (Å²) < 4.78 is 5.24. The predicted molar refractivity (Wildman–Crippen MR) is 58.4 cm³/mol. The zero-order chi connectivity index (χ0) is 10.7. The third-order valence-electron chi connectivity index (χ3n) is 2.12. The number of carbonyl (C=O) groups is 1. The molecule has 0 spiro atoms. The van der Waals surface area contributed by atoms with E-state index in [1.807, 2.05) is 18.2 Å². The minimum absolute atomic E-state index is 0.398. The lowest BCUT2D eigenvalue weighted by Gasteiger charge is -1.98. The van der Waals surface area contributed by atoms with Crippen LogP contribution in [0.25, 0.3) is 0 Å². The van der Waals surface area contributed by atoms with Crippen LogP contribution in [0.1, 0.15) is 21.7 Å². The first-order valence-electron chi connectivity index (χ1n) is 4.56. The molecule has 2 nitrogen and oxygen atoms in total. The van der Waals surface area contributed by atoms with Gasteiger partial charge in [-0.3, -0.25) is 4.79 Å². The van der Waals surface area contributed by atoms with E-state index in [1.165, 1.54) is 0 Å². The van der Waals surface area contributed by atoms with Crippen molar-refractivity contribution in [3.8, 4) is 0 Å². The fourth-order valence-electron chi connectivity index (χ4n) is 1.36. The highest BCUT2D eigenvalue weighted by atomic mass is 35.5. The third-order valence-corrected chi connectivity index (χ3v) is 2.33. The van der Waals surface area contributed by atoms with Crippen LogP contribution >= 0.6 is 11.6 Å². The summed E-state index contributed by atoms with van der Waals surface area (Å²) in [6.07, 6.45) is 1.51. The summed E-state index contributed by atoms with van der Waals surface area (Å²) in [4.78, 5) is 10.4. The summed E-state index contributed by atoms with van der Waals surface area (Å²) in [7, 11) is 0. The van der Waals surface area contributed by atoms with E-state index in [2.05, 4.69) is 0 Å². The molecule has 0 atom stereocenters. The van der Waals surface area contributed by atoms with E-state index >= 15 is 0 Å². The maximum atomic E-state index is 10.4. The molecule has 1 aromatic heterocycles. The van der Waals surface area contributed by atoms with Crippen molar-refractivity contribution in [3.05, 3.63) is 58.5 Å². The Morgan fingerprint density at radius 2 is 1.87 bits per heavy atom. The average Bonchev–Trinajstić information content (AvgIpc) is 2.65. The molecule has 0 radical (unpaired) electrons. The minimum atomic E-state index is 0.398. The van der Waals surface area contributed by atoms with E-state index in [9.17, 15) is 4.79 Å². The van der Waals surface area contributed by atoms with Crippen LogP contribution in [-0.2, 0) is 6.42 Å². The summed E-state index contributed by atoms with van der Waals surface area (Å²) in [6.45, 7) is 0. The Morgan fingerprint density at radius 1 is 1.13 bits per heavy atom. The molecule has 3 heteroatoms. The molecule has 1 heterocycles. The standard InChI is InChI=1S/C12H9ClO2/c13-12-6-5-11(15-12)7-9-1-3-10(8-14)4-2-9/h1-6,8H,7H2. The number of halogens is 1. The van der Waals surface area contributed by atoms with Gasteiger partial charge in [-0.1, -0.05) is 24.3 Å². The van der Waals surface area contributed by atoms with Gasteiger partial charge in [0.2, 0.25) is 0 Å². The second-order valence-electron chi connectivity index (χ2n) is 3.24. The van der Waals surface area contributed by atoms with Gasteiger partial charge in [-0.25, -0.2) is 0 Å². The number of furan rings is 1. The van der Waals surface area contributed by atoms with E-state index in [-0.39, 0.29) is 0 Å². The van der Waals surface area contributed by atoms with E-state index < -0.39 is 0 Å². The average molecular weight is 221 g/mol. The summed E-state index contributed by atoms with van der Waals surface area (Å²) in [5.41, 5.74) is 1.77. The number of rotatable bonds is 3. The molecular weight excluding hydrogens is 212 g/mol. The molecule has 0 bridgehead atoms. The smallest absolute Gasteiger partial charge is 0.193 e. The monoisotopic (exact) mass is 220 g/mol. The lowest BCUT2D eigenvalue weighted by molar-refractivity contribution is 0.112. The van der Waals surface area contributed by atoms with E-state index in [1.54, 1.807) is 18.2 Å². The highest BCUT2D eigenvalue weighted by Crippen LogP contribution is 2.16. The molecule has 15 heavy (non-hydrogen) atoms. The van der Waals surface area contributed by atoms with Crippen LogP contribution in [0.3, 0.4) is 0 Å². The van der Waals surface area contributed by atoms with Crippen LogP contribution in [0.5, 0.6) is 0 Å². The predicted octanol–water partition coefficient (Wildman–Crippen LogP) is 3.34. The fourth-order valence-corrected chi connectivity index (χ4v) is 1.52. The highest BCUT2D eigenvalue weighted by molar-refractivity contribution is 6.28. The third kappa shape index (κ3) is 2.48. The molecule has 0 N–H and O–H groups in total. The molecule has 0 aliphatic rings. The van der Waals surface area contributed by atoms with Gasteiger partial charge in [0, 0.05) is 12.0 Å². The fraction of sp³-hybridized carbons (Fsp3) is 0.0833. The maximum absolute atomic E-state index is 10.4. The number of hydrogen-bond acceptors (Lipinski definition) is 2. The summed E-state index contributed by atoms with van der Waals surface area (Å²) in [5, 5.41) is 0.398. The van der Waals surface area contributed by atoms with Crippen LogP contribution in [-0.4, -0.2) is 6.29 Å². The molecule has 2 rings (SSSR count). The number of hydrogen-bond donors (Lipinski definition) is 0. The van der Waals surface area contributed by atoms with Crippen molar-refractivity contribution in [2.24, 2.45) is 0 Å². The number of carbonyl (C=O) groups excluding carboxylic acids is 1. The van der Waals surface area contributed by atoms with Crippen LogP contribution in [0.4, 0.5) is 0 Å². The minimum Gasteiger partial charge on any atom is -0.449 e. The van der Waals surface area contributed by atoms with Crippen molar-refractivity contribution in [3.63, 3.8) is 0 Å². The Labute approximate surface area is 92.5 Å². The van der Waals surface area contributed by atoms with Crippen molar-refractivity contribution in [1.82, 2.24) is 0 Å². The number of aldehydes is 1. The Morgan fingerprint density at radius 3 is 2.40 bits per heavy atom. The zero-order valence-electron chi connectivity index (χ0n) is 7.94.